The highest BCUT2D eigenvalue weighted by Gasteiger charge is 2.31. The molecule has 1 aromatic carbocycles. The van der Waals surface area contributed by atoms with E-state index in [-0.39, 0.29) is 18.0 Å². The van der Waals surface area contributed by atoms with Gasteiger partial charge in [-0.05, 0) is 36.9 Å². The normalized spacial score (nSPS) is 11.4. The predicted octanol–water partition coefficient (Wildman–Crippen LogP) is 3.44. The van der Waals surface area contributed by atoms with Crippen LogP contribution in [0.5, 0.6) is 5.75 Å². The fraction of sp³-hybridized carbons (Fsp3) is 0.364. The highest BCUT2D eigenvalue weighted by atomic mass is 32.2. The highest BCUT2D eigenvalue weighted by Crippen LogP contribution is 2.28. The molecule has 0 aliphatic carbocycles. The van der Waals surface area contributed by atoms with Crippen LogP contribution in [-0.4, -0.2) is 18.4 Å². The molecule has 0 bridgehead atoms. The first-order chi connectivity index (χ1) is 7.80. The lowest BCUT2D eigenvalue weighted by molar-refractivity contribution is -0.274. The number of carbonyl (C=O) groups excluding carboxylic acids is 1. The number of ether oxygens (including phenoxy) is 1. The lowest BCUT2D eigenvalue weighted by Crippen LogP contribution is -2.17. The Morgan fingerprint density at radius 1 is 1.35 bits per heavy atom. The van der Waals surface area contributed by atoms with Gasteiger partial charge in [0.2, 0.25) is 0 Å². The van der Waals surface area contributed by atoms with Gasteiger partial charge in [-0.1, -0.05) is 0 Å². The molecule has 0 unspecified atom stereocenters. The van der Waals surface area contributed by atoms with Crippen molar-refractivity contribution in [2.45, 2.75) is 24.6 Å². The summed E-state index contributed by atoms with van der Waals surface area (Å²) in [5.74, 6) is -0.401. The van der Waals surface area contributed by atoms with E-state index in [0.717, 1.165) is 0 Å². The molecule has 2 nitrogen and oxygen atoms in total. The number of rotatable bonds is 4. The zero-order valence-electron chi connectivity index (χ0n) is 9.30. The van der Waals surface area contributed by atoms with Gasteiger partial charge < -0.3 is 4.74 Å². The monoisotopic (exact) mass is 264 g/mol. The van der Waals surface area contributed by atoms with Crippen LogP contribution in [0, 0.1) is 0 Å². The zero-order chi connectivity index (χ0) is 13.1. The number of halogens is 3. The van der Waals surface area contributed by atoms with Gasteiger partial charge in [0, 0.05) is 11.3 Å². The second kappa shape index (κ2) is 5.44. The lowest BCUT2D eigenvalue weighted by Gasteiger charge is -2.11. The summed E-state index contributed by atoms with van der Waals surface area (Å²) in [5.41, 5.74) is 0.517. The standard InChI is InChI=1S/C11H11F3O2S/c1-7(15)3-8-4-9(16-11(12,13)14)6-10(5-8)17-2/h4-6H,3H2,1-2H3. The van der Waals surface area contributed by atoms with Crippen molar-refractivity contribution in [2.24, 2.45) is 0 Å². The van der Waals surface area contributed by atoms with E-state index in [1.54, 1.807) is 12.3 Å². The molecule has 1 aromatic rings. The van der Waals surface area contributed by atoms with E-state index in [1.165, 1.54) is 30.8 Å². The number of Topliss-reactive ketones (excluding diaryl/α,β-unsaturated/α-hetero) is 1. The summed E-state index contributed by atoms with van der Waals surface area (Å²) >= 11 is 1.29. The molecule has 0 spiro atoms. The molecule has 0 N–H and O–H groups in total. The number of ketones is 1. The van der Waals surface area contributed by atoms with E-state index in [0.29, 0.717) is 10.5 Å². The van der Waals surface area contributed by atoms with Crippen LogP contribution in [0.2, 0.25) is 0 Å². The average Bonchev–Trinajstić information content (AvgIpc) is 2.13. The third-order valence-electron chi connectivity index (χ3n) is 1.86. The Morgan fingerprint density at radius 3 is 2.47 bits per heavy atom. The molecule has 0 aromatic heterocycles. The van der Waals surface area contributed by atoms with Crippen molar-refractivity contribution < 1.29 is 22.7 Å². The first kappa shape index (κ1) is 13.9. The van der Waals surface area contributed by atoms with E-state index < -0.39 is 6.36 Å². The summed E-state index contributed by atoms with van der Waals surface area (Å²) in [7, 11) is 0. The van der Waals surface area contributed by atoms with Crippen LogP contribution in [-0.2, 0) is 11.2 Å². The number of thioether (sulfide) groups is 1. The van der Waals surface area contributed by atoms with Gasteiger partial charge in [0.25, 0.3) is 0 Å². The van der Waals surface area contributed by atoms with Crippen LogP contribution in [0.1, 0.15) is 12.5 Å². The fourth-order valence-corrected chi connectivity index (χ4v) is 1.83. The minimum Gasteiger partial charge on any atom is -0.406 e. The summed E-state index contributed by atoms with van der Waals surface area (Å²) in [6.07, 6.45) is -2.88. The van der Waals surface area contributed by atoms with E-state index in [4.69, 9.17) is 0 Å². The van der Waals surface area contributed by atoms with Crippen LogP contribution in [0.15, 0.2) is 23.1 Å². The minimum atomic E-state index is -4.72. The Labute approximate surface area is 101 Å². The summed E-state index contributed by atoms with van der Waals surface area (Å²) in [4.78, 5) is 11.6. The first-order valence-electron chi connectivity index (χ1n) is 4.73. The van der Waals surface area contributed by atoms with E-state index in [1.807, 2.05) is 0 Å². The maximum atomic E-state index is 12.1. The molecule has 0 saturated carbocycles. The van der Waals surface area contributed by atoms with Crippen molar-refractivity contribution in [1.29, 1.82) is 0 Å². The van der Waals surface area contributed by atoms with Crippen molar-refractivity contribution in [3.05, 3.63) is 23.8 Å². The molecule has 0 aliphatic rings. The molecule has 94 valence electrons. The predicted molar refractivity (Wildman–Crippen MR) is 59.3 cm³/mol. The molecule has 0 heterocycles. The van der Waals surface area contributed by atoms with E-state index in [2.05, 4.69) is 4.74 Å². The summed E-state index contributed by atoms with van der Waals surface area (Å²) in [5, 5.41) is 0. The Kier molecular flexibility index (Phi) is 4.45. The Hall–Kier alpha value is -1.17. The number of carbonyl (C=O) groups is 1. The van der Waals surface area contributed by atoms with Crippen LogP contribution < -0.4 is 4.74 Å². The van der Waals surface area contributed by atoms with E-state index in [9.17, 15) is 18.0 Å². The second-order valence-electron chi connectivity index (χ2n) is 3.44. The smallest absolute Gasteiger partial charge is 0.406 e. The second-order valence-corrected chi connectivity index (χ2v) is 4.32. The molecular weight excluding hydrogens is 253 g/mol. The van der Waals surface area contributed by atoms with Crippen molar-refractivity contribution in [3.63, 3.8) is 0 Å². The van der Waals surface area contributed by atoms with Crippen molar-refractivity contribution in [2.75, 3.05) is 6.26 Å². The average molecular weight is 264 g/mol. The van der Waals surface area contributed by atoms with Crippen molar-refractivity contribution in [1.82, 2.24) is 0 Å². The molecule has 0 radical (unpaired) electrons. The molecule has 1 rings (SSSR count). The summed E-state index contributed by atoms with van der Waals surface area (Å²) in [6.45, 7) is 1.38. The van der Waals surface area contributed by atoms with Crippen molar-refractivity contribution in [3.8, 4) is 5.75 Å². The molecule has 0 amide bonds. The zero-order valence-corrected chi connectivity index (χ0v) is 10.1. The largest absolute Gasteiger partial charge is 0.573 e. The SMILES string of the molecule is CSc1cc(CC(C)=O)cc(OC(F)(F)F)c1. The first-order valence-corrected chi connectivity index (χ1v) is 5.96. The third kappa shape index (κ3) is 5.12. The number of alkyl halides is 3. The van der Waals surface area contributed by atoms with Gasteiger partial charge in [0.15, 0.2) is 0 Å². The highest BCUT2D eigenvalue weighted by molar-refractivity contribution is 7.98. The molecule has 0 fully saturated rings. The molecule has 0 atom stereocenters. The van der Waals surface area contributed by atoms with E-state index >= 15 is 0 Å². The maximum absolute atomic E-state index is 12.1. The fourth-order valence-electron chi connectivity index (χ4n) is 1.33. The van der Waals surface area contributed by atoms with Gasteiger partial charge in [-0.2, -0.15) is 0 Å². The van der Waals surface area contributed by atoms with Crippen LogP contribution in [0.25, 0.3) is 0 Å². The van der Waals surface area contributed by atoms with Gasteiger partial charge in [-0.3, -0.25) is 4.79 Å². The van der Waals surface area contributed by atoms with Gasteiger partial charge in [0.1, 0.15) is 11.5 Å². The van der Waals surface area contributed by atoms with Crippen molar-refractivity contribution >= 4 is 17.5 Å². The molecule has 0 saturated heterocycles. The van der Waals surface area contributed by atoms with Crippen LogP contribution in [0.4, 0.5) is 13.2 Å². The summed E-state index contributed by atoms with van der Waals surface area (Å²) in [6, 6.07) is 4.20. The minimum absolute atomic E-state index is 0.0998. The Balaban J connectivity index is 3.00. The summed E-state index contributed by atoms with van der Waals surface area (Å²) < 4.78 is 40.1. The van der Waals surface area contributed by atoms with Gasteiger partial charge in [0.05, 0.1) is 0 Å². The lowest BCUT2D eigenvalue weighted by atomic mass is 10.1. The molecule has 17 heavy (non-hydrogen) atoms. The quantitative estimate of drug-likeness (QED) is 0.779. The maximum Gasteiger partial charge on any atom is 0.573 e. The molecular formula is C11H11F3O2S. The number of hydrogen-bond donors (Lipinski definition) is 0. The Morgan fingerprint density at radius 2 is 2.00 bits per heavy atom. The van der Waals surface area contributed by atoms with Crippen LogP contribution >= 0.6 is 11.8 Å². The Bertz CT molecular complexity index is 416. The number of benzene rings is 1. The van der Waals surface area contributed by atoms with Gasteiger partial charge in [-0.25, -0.2) is 0 Å². The van der Waals surface area contributed by atoms with Gasteiger partial charge >= 0.3 is 6.36 Å². The third-order valence-corrected chi connectivity index (χ3v) is 2.57. The molecule has 0 aliphatic heterocycles. The van der Waals surface area contributed by atoms with Crippen LogP contribution in [0.3, 0.4) is 0 Å². The molecule has 6 heteroatoms. The number of hydrogen-bond acceptors (Lipinski definition) is 3. The topological polar surface area (TPSA) is 26.3 Å². The van der Waals surface area contributed by atoms with Gasteiger partial charge in [-0.15, -0.1) is 24.9 Å².